The van der Waals surface area contributed by atoms with Crippen molar-refractivity contribution in [2.75, 3.05) is 18.8 Å². The van der Waals surface area contributed by atoms with Crippen molar-refractivity contribution in [3.05, 3.63) is 71.9 Å². The number of benzene rings is 1. The normalized spacial score (nSPS) is 16.4. The van der Waals surface area contributed by atoms with E-state index < -0.39 is 0 Å². The van der Waals surface area contributed by atoms with Crippen LogP contribution in [0.4, 0.5) is 10.2 Å². The minimum absolute atomic E-state index is 0.0181. The number of carbonyl (C=O) groups is 2. The molecule has 0 aliphatic carbocycles. The van der Waals surface area contributed by atoms with E-state index in [1.807, 2.05) is 6.07 Å². The third-order valence-corrected chi connectivity index (χ3v) is 5.37. The van der Waals surface area contributed by atoms with E-state index in [0.717, 1.165) is 12.0 Å². The van der Waals surface area contributed by atoms with Crippen molar-refractivity contribution in [3.63, 3.8) is 0 Å². The van der Waals surface area contributed by atoms with E-state index in [9.17, 15) is 14.0 Å². The molecule has 1 amide bonds. The van der Waals surface area contributed by atoms with Crippen LogP contribution < -0.4 is 5.73 Å². The van der Waals surface area contributed by atoms with Gasteiger partial charge in [-0.25, -0.2) is 9.07 Å². The Morgan fingerprint density at radius 3 is 2.70 bits per heavy atom. The summed E-state index contributed by atoms with van der Waals surface area (Å²) in [6, 6.07) is 9.38. The maximum atomic E-state index is 13.2. The molecule has 154 valence electrons. The molecule has 1 saturated heterocycles. The van der Waals surface area contributed by atoms with E-state index in [2.05, 4.69) is 10.1 Å². The molecule has 0 spiro atoms. The van der Waals surface area contributed by atoms with Gasteiger partial charge in [0.05, 0.1) is 23.9 Å². The average Bonchev–Trinajstić information content (AvgIpc) is 3.16. The van der Waals surface area contributed by atoms with Crippen LogP contribution in [-0.2, 0) is 11.2 Å². The number of ketones is 1. The first-order chi connectivity index (χ1) is 14.5. The molecule has 0 saturated carbocycles. The van der Waals surface area contributed by atoms with Gasteiger partial charge in [-0.15, -0.1) is 0 Å². The Morgan fingerprint density at radius 1 is 1.17 bits per heavy atom. The lowest BCUT2D eigenvalue weighted by Crippen LogP contribution is -2.43. The number of anilines is 1. The van der Waals surface area contributed by atoms with Crippen LogP contribution in [0, 0.1) is 11.7 Å². The second-order valence-corrected chi connectivity index (χ2v) is 7.41. The van der Waals surface area contributed by atoms with Crippen LogP contribution in [0.25, 0.3) is 5.69 Å². The molecule has 1 aromatic carbocycles. The van der Waals surface area contributed by atoms with Crippen LogP contribution in [0.15, 0.2) is 55.0 Å². The maximum Gasteiger partial charge on any atom is 0.227 e. The lowest BCUT2D eigenvalue weighted by Gasteiger charge is -2.32. The van der Waals surface area contributed by atoms with E-state index in [-0.39, 0.29) is 35.7 Å². The van der Waals surface area contributed by atoms with Gasteiger partial charge >= 0.3 is 0 Å². The van der Waals surface area contributed by atoms with E-state index in [0.29, 0.717) is 30.8 Å². The van der Waals surface area contributed by atoms with Gasteiger partial charge in [-0.2, -0.15) is 5.10 Å². The lowest BCUT2D eigenvalue weighted by molar-refractivity contribution is -0.131. The Hall–Kier alpha value is -3.55. The van der Waals surface area contributed by atoms with Gasteiger partial charge in [0, 0.05) is 31.4 Å². The number of carbonyl (C=O) groups excluding carboxylic acids is 2. The van der Waals surface area contributed by atoms with Crippen molar-refractivity contribution < 1.29 is 14.0 Å². The zero-order valence-electron chi connectivity index (χ0n) is 16.4. The van der Waals surface area contributed by atoms with Gasteiger partial charge in [-0.05, 0) is 48.7 Å². The molecule has 2 N–H and O–H groups in total. The summed E-state index contributed by atoms with van der Waals surface area (Å²) >= 11 is 0. The molecule has 2 aromatic heterocycles. The van der Waals surface area contributed by atoms with Crippen LogP contribution >= 0.6 is 0 Å². The van der Waals surface area contributed by atoms with Crippen molar-refractivity contribution in [3.8, 4) is 5.69 Å². The first-order valence-corrected chi connectivity index (χ1v) is 9.83. The molecule has 4 rings (SSSR count). The fraction of sp³-hybridized carbons (Fsp3) is 0.273. The van der Waals surface area contributed by atoms with Gasteiger partial charge in [0.15, 0.2) is 5.78 Å². The van der Waals surface area contributed by atoms with Gasteiger partial charge in [-0.3, -0.25) is 14.6 Å². The predicted octanol–water partition coefficient (Wildman–Crippen LogP) is 2.65. The number of rotatable bonds is 5. The summed E-state index contributed by atoms with van der Waals surface area (Å²) in [4.78, 5) is 31.5. The molecule has 30 heavy (non-hydrogen) atoms. The highest BCUT2D eigenvalue weighted by Crippen LogP contribution is 2.25. The number of nitrogens with two attached hydrogens (primary N) is 1. The number of piperidine rings is 1. The zero-order chi connectivity index (χ0) is 21.1. The van der Waals surface area contributed by atoms with Crippen molar-refractivity contribution in [1.82, 2.24) is 19.7 Å². The van der Waals surface area contributed by atoms with Crippen LogP contribution in [0.1, 0.15) is 28.8 Å². The quantitative estimate of drug-likeness (QED) is 0.656. The van der Waals surface area contributed by atoms with Crippen molar-refractivity contribution in [1.29, 1.82) is 0 Å². The minimum atomic E-state index is -0.362. The summed E-state index contributed by atoms with van der Waals surface area (Å²) in [5.41, 5.74) is 7.92. The SMILES string of the molecule is Nc1c(C(=O)[C@H]2CCCN(C(=O)Cc3cccnc3)C2)cnn1-c1ccc(F)cc1. The van der Waals surface area contributed by atoms with Crippen LogP contribution in [0.3, 0.4) is 0 Å². The molecule has 1 atom stereocenters. The summed E-state index contributed by atoms with van der Waals surface area (Å²) < 4.78 is 14.6. The van der Waals surface area contributed by atoms with E-state index in [1.165, 1.54) is 23.0 Å². The molecular formula is C22H22FN5O2. The number of halogens is 1. The molecule has 8 heteroatoms. The zero-order valence-corrected chi connectivity index (χ0v) is 16.4. The van der Waals surface area contributed by atoms with Gasteiger partial charge in [0.2, 0.25) is 5.91 Å². The van der Waals surface area contributed by atoms with Crippen molar-refractivity contribution in [2.24, 2.45) is 5.92 Å². The number of pyridine rings is 1. The second kappa shape index (κ2) is 8.44. The molecule has 3 heterocycles. The molecule has 1 fully saturated rings. The summed E-state index contributed by atoms with van der Waals surface area (Å²) in [6.07, 6.45) is 6.49. The summed E-state index contributed by atoms with van der Waals surface area (Å²) in [6.45, 7) is 0.992. The number of hydrogen-bond acceptors (Lipinski definition) is 5. The fourth-order valence-electron chi connectivity index (χ4n) is 3.76. The van der Waals surface area contributed by atoms with Gasteiger partial charge < -0.3 is 10.6 Å². The van der Waals surface area contributed by atoms with Gasteiger partial charge in [-0.1, -0.05) is 6.07 Å². The predicted molar refractivity (Wildman–Crippen MR) is 110 cm³/mol. The Morgan fingerprint density at radius 2 is 1.97 bits per heavy atom. The highest BCUT2D eigenvalue weighted by atomic mass is 19.1. The van der Waals surface area contributed by atoms with Crippen molar-refractivity contribution in [2.45, 2.75) is 19.3 Å². The molecular weight excluding hydrogens is 385 g/mol. The highest BCUT2D eigenvalue weighted by molar-refractivity contribution is 6.02. The number of likely N-dealkylation sites (tertiary alicyclic amines) is 1. The topological polar surface area (TPSA) is 94.1 Å². The first-order valence-electron chi connectivity index (χ1n) is 9.83. The van der Waals surface area contributed by atoms with Crippen LogP contribution in [-0.4, -0.2) is 44.4 Å². The molecule has 7 nitrogen and oxygen atoms in total. The van der Waals surface area contributed by atoms with Crippen molar-refractivity contribution >= 4 is 17.5 Å². The largest absolute Gasteiger partial charge is 0.383 e. The summed E-state index contributed by atoms with van der Waals surface area (Å²) in [7, 11) is 0. The number of amides is 1. The Bertz CT molecular complexity index is 1050. The Balaban J connectivity index is 1.47. The van der Waals surface area contributed by atoms with E-state index in [1.54, 1.807) is 35.5 Å². The smallest absolute Gasteiger partial charge is 0.227 e. The lowest BCUT2D eigenvalue weighted by atomic mass is 9.90. The summed E-state index contributed by atoms with van der Waals surface area (Å²) in [5, 5.41) is 4.20. The number of hydrogen-bond donors (Lipinski definition) is 1. The number of nitrogen functional groups attached to an aromatic ring is 1. The fourth-order valence-corrected chi connectivity index (χ4v) is 3.76. The molecule has 3 aromatic rings. The minimum Gasteiger partial charge on any atom is -0.383 e. The van der Waals surface area contributed by atoms with Gasteiger partial charge in [0.1, 0.15) is 11.6 Å². The molecule has 0 radical (unpaired) electrons. The molecule has 0 unspecified atom stereocenters. The third kappa shape index (κ3) is 4.07. The third-order valence-electron chi connectivity index (χ3n) is 5.37. The average molecular weight is 407 g/mol. The Kier molecular flexibility index (Phi) is 5.56. The molecule has 0 bridgehead atoms. The number of nitrogens with zero attached hydrogens (tertiary/aromatic N) is 4. The monoisotopic (exact) mass is 407 g/mol. The number of aromatic nitrogens is 3. The second-order valence-electron chi connectivity index (χ2n) is 7.41. The van der Waals surface area contributed by atoms with Crippen LogP contribution in [0.5, 0.6) is 0 Å². The standard InChI is InChI=1S/C22H22FN5O2/c23-17-5-7-18(8-6-17)28-22(24)19(13-26-28)21(30)16-4-2-10-27(14-16)20(29)11-15-3-1-9-25-12-15/h1,3,5-9,12-13,16H,2,4,10-11,14,24H2/t16-/m0/s1. The maximum absolute atomic E-state index is 13.2. The van der Waals surface area contributed by atoms with Crippen LogP contribution in [0.2, 0.25) is 0 Å². The molecule has 1 aliphatic heterocycles. The Labute approximate surface area is 173 Å². The van der Waals surface area contributed by atoms with E-state index in [4.69, 9.17) is 5.73 Å². The number of Topliss-reactive ketones (excluding diaryl/α,β-unsaturated/α-hetero) is 1. The summed E-state index contributed by atoms with van der Waals surface area (Å²) in [5.74, 6) is -0.621. The van der Waals surface area contributed by atoms with E-state index >= 15 is 0 Å². The van der Waals surface area contributed by atoms with Gasteiger partial charge in [0.25, 0.3) is 0 Å². The highest BCUT2D eigenvalue weighted by Gasteiger charge is 2.31. The first kappa shape index (κ1) is 19.8. The molecule has 1 aliphatic rings.